The highest BCUT2D eigenvalue weighted by Crippen LogP contribution is 2.29. The molecule has 0 fully saturated rings. The minimum Gasteiger partial charge on any atom is -0.459 e. The molecule has 1 aliphatic rings. The zero-order chi connectivity index (χ0) is 19.5. The van der Waals surface area contributed by atoms with Crippen molar-refractivity contribution in [3.8, 4) is 11.3 Å². The Morgan fingerprint density at radius 3 is 2.79 bits per heavy atom. The molecular formula is C21H21N3O3S. The third kappa shape index (κ3) is 3.99. The Morgan fingerprint density at radius 1 is 1.18 bits per heavy atom. The summed E-state index contributed by atoms with van der Waals surface area (Å²) in [6.45, 7) is 1.62. The number of carbonyl (C=O) groups is 2. The molecule has 7 heteroatoms. The summed E-state index contributed by atoms with van der Waals surface area (Å²) in [6, 6.07) is 8.95. The van der Waals surface area contributed by atoms with Gasteiger partial charge in [-0.15, -0.1) is 11.3 Å². The molecule has 1 atom stereocenters. The van der Waals surface area contributed by atoms with Gasteiger partial charge in [0.1, 0.15) is 6.04 Å². The van der Waals surface area contributed by atoms with Crippen LogP contribution in [0.4, 0.5) is 5.13 Å². The smallest absolute Gasteiger partial charge is 0.287 e. The number of furan rings is 1. The van der Waals surface area contributed by atoms with Crippen LogP contribution in [0.5, 0.6) is 0 Å². The Kier molecular flexibility index (Phi) is 5.25. The molecule has 0 spiro atoms. The molecule has 2 N–H and O–H groups in total. The van der Waals surface area contributed by atoms with Gasteiger partial charge in [0, 0.05) is 10.9 Å². The summed E-state index contributed by atoms with van der Waals surface area (Å²) < 4.78 is 5.03. The number of fused-ring (bicyclic) bond motifs is 1. The van der Waals surface area contributed by atoms with Crippen LogP contribution in [0.2, 0.25) is 0 Å². The fourth-order valence-electron chi connectivity index (χ4n) is 3.31. The van der Waals surface area contributed by atoms with Crippen molar-refractivity contribution in [2.24, 2.45) is 0 Å². The SMILES string of the molecule is CC(NC(=O)c1ccco1)C(=O)Nc1nc(-c2ccc3c(c2)CCCC3)cs1. The van der Waals surface area contributed by atoms with Gasteiger partial charge < -0.3 is 15.1 Å². The van der Waals surface area contributed by atoms with Crippen LogP contribution in [-0.2, 0) is 17.6 Å². The fraction of sp³-hybridized carbons (Fsp3) is 0.286. The van der Waals surface area contributed by atoms with Gasteiger partial charge in [0.05, 0.1) is 12.0 Å². The average Bonchev–Trinajstić information content (AvgIpc) is 3.40. The second-order valence-corrected chi connectivity index (χ2v) is 7.75. The minimum atomic E-state index is -0.714. The van der Waals surface area contributed by atoms with Crippen molar-refractivity contribution >= 4 is 28.3 Å². The molecule has 2 aromatic heterocycles. The van der Waals surface area contributed by atoms with Crippen molar-refractivity contribution in [1.29, 1.82) is 0 Å². The molecule has 0 saturated heterocycles. The zero-order valence-corrected chi connectivity index (χ0v) is 16.3. The summed E-state index contributed by atoms with van der Waals surface area (Å²) in [5.41, 5.74) is 4.74. The molecular weight excluding hydrogens is 374 g/mol. The molecule has 3 aromatic rings. The third-order valence-corrected chi connectivity index (χ3v) is 5.62. The van der Waals surface area contributed by atoms with E-state index in [1.807, 2.05) is 5.38 Å². The highest BCUT2D eigenvalue weighted by molar-refractivity contribution is 7.14. The van der Waals surface area contributed by atoms with Crippen LogP contribution in [0.1, 0.15) is 41.4 Å². The minimum absolute atomic E-state index is 0.170. The van der Waals surface area contributed by atoms with E-state index in [0.29, 0.717) is 5.13 Å². The summed E-state index contributed by atoms with van der Waals surface area (Å²) in [5.74, 6) is -0.587. The largest absolute Gasteiger partial charge is 0.459 e. The second-order valence-electron chi connectivity index (χ2n) is 6.89. The van der Waals surface area contributed by atoms with Crippen molar-refractivity contribution in [2.45, 2.75) is 38.6 Å². The summed E-state index contributed by atoms with van der Waals surface area (Å²) in [4.78, 5) is 28.9. The number of aromatic nitrogens is 1. The molecule has 1 unspecified atom stereocenters. The number of anilines is 1. The van der Waals surface area contributed by atoms with Gasteiger partial charge in [-0.2, -0.15) is 0 Å². The number of rotatable bonds is 5. The number of carbonyl (C=O) groups excluding carboxylic acids is 2. The lowest BCUT2D eigenvalue weighted by molar-refractivity contribution is -0.117. The number of hydrogen-bond donors (Lipinski definition) is 2. The molecule has 2 amide bonds. The van der Waals surface area contributed by atoms with Gasteiger partial charge in [-0.1, -0.05) is 12.1 Å². The summed E-state index contributed by atoms with van der Waals surface area (Å²) >= 11 is 1.37. The predicted octanol–water partition coefficient (Wildman–Crippen LogP) is 4.04. The average molecular weight is 395 g/mol. The normalized spacial score (nSPS) is 14.2. The van der Waals surface area contributed by atoms with Crippen LogP contribution in [0, 0.1) is 0 Å². The standard InChI is InChI=1S/C21H21N3O3S/c1-13(22-20(26)18-7-4-10-27-18)19(25)24-21-23-17(12-28-21)16-9-8-14-5-2-3-6-15(14)11-16/h4,7-13H,2-3,5-6H2,1H3,(H,22,26)(H,23,24,25). The Bertz CT molecular complexity index is 994. The second kappa shape index (κ2) is 7.98. The van der Waals surface area contributed by atoms with Crippen molar-refractivity contribution in [3.05, 3.63) is 58.9 Å². The molecule has 144 valence electrons. The van der Waals surface area contributed by atoms with E-state index in [0.717, 1.165) is 24.1 Å². The molecule has 1 aromatic carbocycles. The summed E-state index contributed by atoms with van der Waals surface area (Å²) in [5, 5.41) is 7.82. The predicted molar refractivity (Wildman–Crippen MR) is 108 cm³/mol. The first kappa shape index (κ1) is 18.4. The molecule has 2 heterocycles. The van der Waals surface area contributed by atoms with Gasteiger partial charge in [-0.25, -0.2) is 4.98 Å². The van der Waals surface area contributed by atoms with Crippen molar-refractivity contribution < 1.29 is 14.0 Å². The Morgan fingerprint density at radius 2 is 2.00 bits per heavy atom. The van der Waals surface area contributed by atoms with Crippen molar-refractivity contribution in [3.63, 3.8) is 0 Å². The van der Waals surface area contributed by atoms with Crippen molar-refractivity contribution in [1.82, 2.24) is 10.3 Å². The third-order valence-electron chi connectivity index (χ3n) is 4.86. The van der Waals surface area contributed by atoms with Gasteiger partial charge in [0.2, 0.25) is 5.91 Å². The molecule has 1 aliphatic carbocycles. The Balaban J connectivity index is 1.40. The van der Waals surface area contributed by atoms with Crippen LogP contribution in [0.3, 0.4) is 0 Å². The lowest BCUT2D eigenvalue weighted by Crippen LogP contribution is -2.41. The number of aryl methyl sites for hydroxylation is 2. The van der Waals surface area contributed by atoms with E-state index in [1.165, 1.54) is 41.6 Å². The van der Waals surface area contributed by atoms with E-state index in [1.54, 1.807) is 19.1 Å². The van der Waals surface area contributed by atoms with E-state index in [-0.39, 0.29) is 11.7 Å². The number of nitrogens with one attached hydrogen (secondary N) is 2. The van der Waals surface area contributed by atoms with Crippen LogP contribution in [0.25, 0.3) is 11.3 Å². The van der Waals surface area contributed by atoms with Gasteiger partial charge in [0.25, 0.3) is 5.91 Å². The lowest BCUT2D eigenvalue weighted by Gasteiger charge is -2.16. The summed E-state index contributed by atoms with van der Waals surface area (Å²) in [6.07, 6.45) is 6.17. The monoisotopic (exact) mass is 395 g/mol. The number of hydrogen-bond acceptors (Lipinski definition) is 5. The number of thiazole rings is 1. The maximum atomic E-state index is 12.4. The zero-order valence-electron chi connectivity index (χ0n) is 15.5. The lowest BCUT2D eigenvalue weighted by atomic mass is 9.90. The van der Waals surface area contributed by atoms with Crippen LogP contribution in [0.15, 0.2) is 46.4 Å². The Hall–Kier alpha value is -2.93. The fourth-order valence-corrected chi connectivity index (χ4v) is 4.03. The highest BCUT2D eigenvalue weighted by Gasteiger charge is 2.19. The van der Waals surface area contributed by atoms with Crippen LogP contribution >= 0.6 is 11.3 Å². The highest BCUT2D eigenvalue weighted by atomic mass is 32.1. The molecule has 0 radical (unpaired) electrons. The molecule has 6 nitrogen and oxygen atoms in total. The quantitative estimate of drug-likeness (QED) is 0.683. The first-order valence-electron chi connectivity index (χ1n) is 9.33. The van der Waals surface area contributed by atoms with Crippen LogP contribution < -0.4 is 10.6 Å². The molecule has 28 heavy (non-hydrogen) atoms. The maximum absolute atomic E-state index is 12.4. The summed E-state index contributed by atoms with van der Waals surface area (Å²) in [7, 11) is 0. The Labute approximate surface area is 167 Å². The van der Waals surface area contributed by atoms with Crippen LogP contribution in [-0.4, -0.2) is 22.8 Å². The first-order chi connectivity index (χ1) is 13.6. The van der Waals surface area contributed by atoms with E-state index in [2.05, 4.69) is 33.8 Å². The van der Waals surface area contributed by atoms with E-state index >= 15 is 0 Å². The topological polar surface area (TPSA) is 84.2 Å². The number of benzene rings is 1. The number of nitrogens with zero attached hydrogens (tertiary/aromatic N) is 1. The van der Waals surface area contributed by atoms with Gasteiger partial charge in [-0.3, -0.25) is 9.59 Å². The molecule has 0 bridgehead atoms. The van der Waals surface area contributed by atoms with Gasteiger partial charge >= 0.3 is 0 Å². The van der Waals surface area contributed by atoms with Gasteiger partial charge in [0.15, 0.2) is 10.9 Å². The maximum Gasteiger partial charge on any atom is 0.287 e. The van der Waals surface area contributed by atoms with E-state index < -0.39 is 11.9 Å². The van der Waals surface area contributed by atoms with Crippen molar-refractivity contribution in [2.75, 3.05) is 5.32 Å². The molecule has 4 rings (SSSR count). The first-order valence-corrected chi connectivity index (χ1v) is 10.2. The number of amides is 2. The molecule has 0 aliphatic heterocycles. The van der Waals surface area contributed by atoms with E-state index in [4.69, 9.17) is 4.42 Å². The van der Waals surface area contributed by atoms with E-state index in [9.17, 15) is 9.59 Å². The molecule has 0 saturated carbocycles. The van der Waals surface area contributed by atoms with Gasteiger partial charge in [-0.05, 0) is 61.9 Å².